The number of nitrogens with zero attached hydrogens (tertiary/aromatic N) is 4. The predicted molar refractivity (Wildman–Crippen MR) is 133 cm³/mol. The Balaban J connectivity index is 1.23. The number of rotatable bonds is 6. The number of nitrogens with one attached hydrogen (secondary N) is 1. The van der Waals surface area contributed by atoms with Gasteiger partial charge in [-0.15, -0.1) is 0 Å². The van der Waals surface area contributed by atoms with Crippen LogP contribution >= 0.6 is 0 Å². The summed E-state index contributed by atoms with van der Waals surface area (Å²) in [6.07, 6.45) is 9.20. The molecule has 3 saturated heterocycles. The third kappa shape index (κ3) is 6.68. The minimum absolute atomic E-state index is 0.0543. The van der Waals surface area contributed by atoms with Gasteiger partial charge in [-0.2, -0.15) is 17.0 Å². The molecule has 0 atom stereocenters. The molecule has 0 aromatic heterocycles. The van der Waals surface area contributed by atoms with Crippen LogP contribution in [-0.4, -0.2) is 86.7 Å². The summed E-state index contributed by atoms with van der Waals surface area (Å²) < 4.78 is 29.2. The largest absolute Gasteiger partial charge is 0.372 e. The van der Waals surface area contributed by atoms with E-state index in [4.69, 9.17) is 0 Å². The van der Waals surface area contributed by atoms with Crippen molar-refractivity contribution in [1.29, 1.82) is 0 Å². The molecule has 0 radical (unpaired) electrons. The van der Waals surface area contributed by atoms with Gasteiger partial charge in [-0.05, 0) is 49.9 Å². The van der Waals surface area contributed by atoms with Crippen molar-refractivity contribution in [2.45, 2.75) is 51.4 Å². The monoisotopic (exact) mass is 477 g/mol. The molecule has 0 aliphatic carbocycles. The molecule has 1 amide bonds. The topological polar surface area (TPSA) is 76.2 Å². The van der Waals surface area contributed by atoms with Crippen LogP contribution < -0.4 is 10.2 Å². The zero-order chi connectivity index (χ0) is 23.1. The molecule has 1 N–H and O–H groups in total. The fraction of sp³-hybridized carbons (Fsp3) is 0.708. The van der Waals surface area contributed by atoms with E-state index in [1.54, 1.807) is 8.61 Å². The number of hydrogen-bond donors (Lipinski definition) is 1. The molecule has 0 unspecified atom stereocenters. The highest BCUT2D eigenvalue weighted by atomic mass is 32.2. The maximum atomic E-state index is 13.0. The van der Waals surface area contributed by atoms with Gasteiger partial charge in [0.2, 0.25) is 5.91 Å². The Morgan fingerprint density at radius 1 is 0.697 bits per heavy atom. The van der Waals surface area contributed by atoms with Crippen molar-refractivity contribution in [2.24, 2.45) is 0 Å². The molecule has 0 spiro atoms. The van der Waals surface area contributed by atoms with Gasteiger partial charge in [0.25, 0.3) is 10.2 Å². The van der Waals surface area contributed by atoms with Crippen molar-refractivity contribution >= 4 is 27.5 Å². The predicted octanol–water partition coefficient (Wildman–Crippen LogP) is 2.74. The lowest BCUT2D eigenvalue weighted by molar-refractivity contribution is -0.117. The average Bonchev–Trinajstić information content (AvgIpc) is 3.26. The fourth-order valence-electron chi connectivity index (χ4n) is 5.04. The number of piperazine rings is 1. The van der Waals surface area contributed by atoms with Crippen LogP contribution in [0.2, 0.25) is 0 Å². The van der Waals surface area contributed by atoms with E-state index in [-0.39, 0.29) is 12.5 Å². The summed E-state index contributed by atoms with van der Waals surface area (Å²) in [6, 6.07) is 8.13. The van der Waals surface area contributed by atoms with Gasteiger partial charge in [-0.1, -0.05) is 25.7 Å². The van der Waals surface area contributed by atoms with Crippen LogP contribution in [0.25, 0.3) is 0 Å². The standard InChI is InChI=1S/C24H39N5O3S/c30-24(25-22-9-11-23(12-10-22)27-13-5-1-2-6-14-27)21-26-17-19-29(20-18-26)33(31,32)28-15-7-3-4-8-16-28/h9-12H,1-8,13-21H2,(H,25,30). The Labute approximate surface area is 199 Å². The molecule has 3 aliphatic heterocycles. The van der Waals surface area contributed by atoms with Crippen LogP contribution in [0.3, 0.4) is 0 Å². The summed E-state index contributed by atoms with van der Waals surface area (Å²) in [7, 11) is -3.39. The molecule has 0 saturated carbocycles. The fourth-order valence-corrected chi connectivity index (χ4v) is 6.71. The lowest BCUT2D eigenvalue weighted by atomic mass is 10.2. The second-order valence-electron chi connectivity index (χ2n) is 9.49. The van der Waals surface area contributed by atoms with Crippen LogP contribution in [-0.2, 0) is 15.0 Å². The zero-order valence-electron chi connectivity index (χ0n) is 19.8. The SMILES string of the molecule is O=C(CN1CCN(S(=O)(=O)N2CCCCCC2)CC1)Nc1ccc(N2CCCCCC2)cc1. The van der Waals surface area contributed by atoms with Gasteiger partial charge in [0.05, 0.1) is 6.54 Å². The van der Waals surface area contributed by atoms with Gasteiger partial charge in [0, 0.05) is 63.7 Å². The molecule has 9 heteroatoms. The summed E-state index contributed by atoms with van der Waals surface area (Å²) in [6.45, 7) is 5.78. The molecule has 1 aromatic carbocycles. The summed E-state index contributed by atoms with van der Waals surface area (Å²) in [5, 5.41) is 2.99. The van der Waals surface area contributed by atoms with E-state index in [1.807, 2.05) is 17.0 Å². The lowest BCUT2D eigenvalue weighted by Gasteiger charge is -2.36. The summed E-state index contributed by atoms with van der Waals surface area (Å²) >= 11 is 0. The second-order valence-corrected chi connectivity index (χ2v) is 11.4. The normalized spacial score (nSPS) is 22.5. The van der Waals surface area contributed by atoms with E-state index in [9.17, 15) is 13.2 Å². The van der Waals surface area contributed by atoms with Crippen LogP contribution in [0.5, 0.6) is 0 Å². The summed E-state index contributed by atoms with van der Waals surface area (Å²) in [5.74, 6) is -0.0543. The summed E-state index contributed by atoms with van der Waals surface area (Å²) in [4.78, 5) is 17.0. The second kappa shape index (κ2) is 11.6. The van der Waals surface area contributed by atoms with Crippen LogP contribution in [0, 0.1) is 0 Å². The van der Waals surface area contributed by atoms with E-state index in [0.717, 1.165) is 44.5 Å². The van der Waals surface area contributed by atoms with Crippen molar-refractivity contribution in [3.8, 4) is 0 Å². The third-order valence-corrected chi connectivity index (χ3v) is 9.07. The van der Waals surface area contributed by atoms with Gasteiger partial charge < -0.3 is 10.2 Å². The Hall–Kier alpha value is -1.68. The van der Waals surface area contributed by atoms with E-state index in [0.29, 0.717) is 39.3 Å². The van der Waals surface area contributed by atoms with Crippen molar-refractivity contribution in [3.63, 3.8) is 0 Å². The molecule has 3 aliphatic rings. The molecule has 3 heterocycles. The van der Waals surface area contributed by atoms with E-state index in [1.165, 1.54) is 31.4 Å². The number of carbonyl (C=O) groups is 1. The van der Waals surface area contributed by atoms with Gasteiger partial charge in [0.15, 0.2) is 0 Å². The minimum atomic E-state index is -3.39. The number of hydrogen-bond acceptors (Lipinski definition) is 5. The first kappa shape index (κ1) is 24.4. The number of benzene rings is 1. The van der Waals surface area contributed by atoms with Crippen LogP contribution in [0.4, 0.5) is 11.4 Å². The Bertz CT molecular complexity index is 853. The first-order valence-corrected chi connectivity index (χ1v) is 14.0. The van der Waals surface area contributed by atoms with Crippen LogP contribution in [0.15, 0.2) is 24.3 Å². The Kier molecular flexibility index (Phi) is 8.62. The molecule has 184 valence electrons. The van der Waals surface area contributed by atoms with E-state index < -0.39 is 10.2 Å². The lowest BCUT2D eigenvalue weighted by Crippen LogP contribution is -2.54. The molecule has 0 bridgehead atoms. The smallest absolute Gasteiger partial charge is 0.282 e. The molecule has 1 aromatic rings. The minimum Gasteiger partial charge on any atom is -0.372 e. The third-order valence-electron chi connectivity index (χ3n) is 7.04. The highest BCUT2D eigenvalue weighted by Gasteiger charge is 2.32. The molecule has 4 rings (SSSR count). The number of carbonyl (C=O) groups excluding carboxylic acids is 1. The maximum absolute atomic E-state index is 13.0. The quantitative estimate of drug-likeness (QED) is 0.682. The Morgan fingerprint density at radius 2 is 1.21 bits per heavy atom. The van der Waals surface area contributed by atoms with Crippen molar-refractivity contribution in [2.75, 3.05) is 69.1 Å². The van der Waals surface area contributed by atoms with E-state index in [2.05, 4.69) is 22.3 Å². The first-order chi connectivity index (χ1) is 16.0. The van der Waals surface area contributed by atoms with E-state index >= 15 is 0 Å². The molecule has 33 heavy (non-hydrogen) atoms. The maximum Gasteiger partial charge on any atom is 0.282 e. The van der Waals surface area contributed by atoms with Crippen molar-refractivity contribution < 1.29 is 13.2 Å². The number of anilines is 2. The molecule has 8 nitrogen and oxygen atoms in total. The highest BCUT2D eigenvalue weighted by molar-refractivity contribution is 7.86. The van der Waals surface area contributed by atoms with Gasteiger partial charge in [-0.25, -0.2) is 0 Å². The Morgan fingerprint density at radius 3 is 1.79 bits per heavy atom. The molecular weight excluding hydrogens is 438 g/mol. The van der Waals surface area contributed by atoms with Crippen LogP contribution in [0.1, 0.15) is 51.4 Å². The average molecular weight is 478 g/mol. The number of amides is 1. The molecule has 3 fully saturated rings. The van der Waals surface area contributed by atoms with Gasteiger partial charge >= 0.3 is 0 Å². The van der Waals surface area contributed by atoms with Crippen molar-refractivity contribution in [1.82, 2.24) is 13.5 Å². The molecular formula is C24H39N5O3S. The van der Waals surface area contributed by atoms with Gasteiger partial charge in [0.1, 0.15) is 0 Å². The summed E-state index contributed by atoms with van der Waals surface area (Å²) in [5.41, 5.74) is 2.03. The highest BCUT2D eigenvalue weighted by Crippen LogP contribution is 2.22. The zero-order valence-corrected chi connectivity index (χ0v) is 20.6. The van der Waals surface area contributed by atoms with Crippen molar-refractivity contribution in [3.05, 3.63) is 24.3 Å². The van der Waals surface area contributed by atoms with Gasteiger partial charge in [-0.3, -0.25) is 9.69 Å². The first-order valence-electron chi connectivity index (χ1n) is 12.6.